The van der Waals surface area contributed by atoms with Gasteiger partial charge in [-0.05, 0) is 19.4 Å². The molecule has 0 aliphatic rings. The van der Waals surface area contributed by atoms with Gasteiger partial charge in [-0.25, -0.2) is 0 Å². The van der Waals surface area contributed by atoms with Gasteiger partial charge in [0.1, 0.15) is 4.84 Å². The fraction of sp³-hybridized carbons (Fsp3) is 0.429. The second kappa shape index (κ2) is 8.69. The summed E-state index contributed by atoms with van der Waals surface area (Å²) in [6.45, 7) is 3.16. The minimum Gasteiger partial charge on any atom is -0.465 e. The van der Waals surface area contributed by atoms with Crippen LogP contribution in [0, 0.1) is 10.1 Å². The third kappa shape index (κ3) is 4.80. The highest BCUT2D eigenvalue weighted by Gasteiger charge is 2.37. The van der Waals surface area contributed by atoms with Crippen molar-refractivity contribution in [3.63, 3.8) is 0 Å². The number of esters is 2. The van der Waals surface area contributed by atoms with Gasteiger partial charge in [0.05, 0.1) is 23.7 Å². The molecule has 0 saturated heterocycles. The number of carbonyl (C=O) groups is 2. The van der Waals surface area contributed by atoms with Gasteiger partial charge in [0.15, 0.2) is 5.92 Å². The molecule has 9 heteroatoms. The van der Waals surface area contributed by atoms with Crippen LogP contribution in [0.5, 0.6) is 0 Å². The molecule has 0 heterocycles. The van der Waals surface area contributed by atoms with Crippen molar-refractivity contribution in [2.45, 2.75) is 24.6 Å². The number of benzene rings is 1. The first-order valence-corrected chi connectivity index (χ1v) is 7.60. The van der Waals surface area contributed by atoms with Crippen molar-refractivity contribution in [3.05, 3.63) is 39.4 Å². The standard InChI is InChI=1S/C14H15Cl2NO6/c1-3-22-13(18)11(14(19)23-4-2)9-6-5-8(12(15)16)7-10(9)17(20)21/h5-7,11-12H,3-4H2,1-2H3. The van der Waals surface area contributed by atoms with Crippen LogP contribution in [0.1, 0.15) is 35.7 Å². The van der Waals surface area contributed by atoms with Gasteiger partial charge in [-0.1, -0.05) is 12.1 Å². The van der Waals surface area contributed by atoms with E-state index in [-0.39, 0.29) is 24.3 Å². The van der Waals surface area contributed by atoms with Crippen molar-refractivity contribution < 1.29 is 24.0 Å². The number of ether oxygens (including phenoxy) is 2. The first kappa shape index (κ1) is 19.2. The maximum absolute atomic E-state index is 12.1. The van der Waals surface area contributed by atoms with E-state index in [0.29, 0.717) is 0 Å². The van der Waals surface area contributed by atoms with E-state index in [1.54, 1.807) is 13.8 Å². The molecule has 1 aromatic rings. The summed E-state index contributed by atoms with van der Waals surface area (Å²) in [5.74, 6) is -3.39. The van der Waals surface area contributed by atoms with Gasteiger partial charge in [-0.2, -0.15) is 0 Å². The Kier molecular flexibility index (Phi) is 7.25. The van der Waals surface area contributed by atoms with E-state index in [1.807, 2.05) is 0 Å². The SMILES string of the molecule is CCOC(=O)C(C(=O)OCC)c1ccc(C(Cl)Cl)cc1[N+](=O)[O-]. The number of halogens is 2. The van der Waals surface area contributed by atoms with Crippen molar-refractivity contribution in [1.82, 2.24) is 0 Å². The molecule has 0 N–H and O–H groups in total. The molecule has 0 radical (unpaired) electrons. The second-order valence-corrected chi connectivity index (χ2v) is 5.41. The minimum absolute atomic E-state index is 0.0199. The lowest BCUT2D eigenvalue weighted by Crippen LogP contribution is -2.27. The van der Waals surface area contributed by atoms with Gasteiger partial charge in [-0.3, -0.25) is 19.7 Å². The Labute approximate surface area is 142 Å². The lowest BCUT2D eigenvalue weighted by molar-refractivity contribution is -0.385. The highest BCUT2D eigenvalue weighted by molar-refractivity contribution is 6.44. The number of nitrogens with zero attached hydrogens (tertiary/aromatic N) is 1. The predicted molar refractivity (Wildman–Crippen MR) is 83.6 cm³/mol. The van der Waals surface area contributed by atoms with Crippen molar-refractivity contribution in [3.8, 4) is 0 Å². The molecule has 0 spiro atoms. The van der Waals surface area contributed by atoms with Crippen molar-refractivity contribution in [2.75, 3.05) is 13.2 Å². The number of hydrogen-bond acceptors (Lipinski definition) is 6. The molecular formula is C14H15Cl2NO6. The van der Waals surface area contributed by atoms with Crippen LogP contribution in [0.4, 0.5) is 5.69 Å². The zero-order chi connectivity index (χ0) is 17.6. The number of hydrogen-bond donors (Lipinski definition) is 0. The maximum atomic E-state index is 12.1. The number of nitro benzene ring substituents is 1. The van der Waals surface area contributed by atoms with Crippen LogP contribution in [0.15, 0.2) is 18.2 Å². The molecule has 0 unspecified atom stereocenters. The number of rotatable bonds is 7. The van der Waals surface area contributed by atoms with Crippen molar-refractivity contribution in [2.24, 2.45) is 0 Å². The van der Waals surface area contributed by atoms with E-state index in [1.165, 1.54) is 12.1 Å². The molecule has 0 amide bonds. The minimum atomic E-state index is -1.55. The summed E-state index contributed by atoms with van der Waals surface area (Å²) in [6, 6.07) is 3.77. The number of carbonyl (C=O) groups excluding carboxylic acids is 2. The Hall–Kier alpha value is -1.86. The summed E-state index contributed by atoms with van der Waals surface area (Å²) in [4.78, 5) is 33.7. The van der Waals surface area contributed by atoms with E-state index in [0.717, 1.165) is 6.07 Å². The highest BCUT2D eigenvalue weighted by atomic mass is 35.5. The van der Waals surface area contributed by atoms with Crippen molar-refractivity contribution >= 4 is 40.8 Å². The van der Waals surface area contributed by atoms with Crippen LogP contribution < -0.4 is 0 Å². The fourth-order valence-corrected chi connectivity index (χ4v) is 2.17. The normalized spacial score (nSPS) is 10.7. The molecule has 7 nitrogen and oxygen atoms in total. The molecule has 0 fully saturated rings. The predicted octanol–water partition coefficient (Wildman–Crippen LogP) is 3.28. The summed E-state index contributed by atoms with van der Waals surface area (Å²) < 4.78 is 9.65. The lowest BCUT2D eigenvalue weighted by Gasteiger charge is -2.15. The van der Waals surface area contributed by atoms with Gasteiger partial charge in [-0.15, -0.1) is 23.2 Å². The largest absolute Gasteiger partial charge is 0.465 e. The van der Waals surface area contributed by atoms with Gasteiger partial charge < -0.3 is 9.47 Å². The van der Waals surface area contributed by atoms with E-state index in [9.17, 15) is 19.7 Å². The van der Waals surface area contributed by atoms with E-state index in [2.05, 4.69) is 0 Å². The fourth-order valence-electron chi connectivity index (χ4n) is 1.90. The summed E-state index contributed by atoms with van der Waals surface area (Å²) in [6.07, 6.45) is 0. The molecule has 23 heavy (non-hydrogen) atoms. The highest BCUT2D eigenvalue weighted by Crippen LogP contribution is 2.34. The van der Waals surface area contributed by atoms with Crippen LogP contribution in [-0.4, -0.2) is 30.1 Å². The molecule has 126 valence electrons. The van der Waals surface area contributed by atoms with Gasteiger partial charge in [0.2, 0.25) is 0 Å². The second-order valence-electron chi connectivity index (χ2n) is 4.31. The third-order valence-corrected chi connectivity index (χ3v) is 3.36. The van der Waals surface area contributed by atoms with E-state index in [4.69, 9.17) is 32.7 Å². The number of alkyl halides is 2. The average molecular weight is 364 g/mol. The zero-order valence-electron chi connectivity index (χ0n) is 12.5. The molecule has 1 rings (SSSR count). The van der Waals surface area contributed by atoms with E-state index >= 15 is 0 Å². The Morgan fingerprint density at radius 2 is 1.70 bits per heavy atom. The van der Waals surface area contributed by atoms with Gasteiger partial charge in [0.25, 0.3) is 5.69 Å². The Morgan fingerprint density at radius 1 is 1.17 bits per heavy atom. The summed E-state index contributed by atoms with van der Waals surface area (Å²) in [5, 5.41) is 11.3. The Balaban J connectivity index is 3.42. The summed E-state index contributed by atoms with van der Waals surface area (Å²) in [5.41, 5.74) is -0.320. The first-order valence-electron chi connectivity index (χ1n) is 6.73. The molecule has 0 aromatic heterocycles. The topological polar surface area (TPSA) is 95.7 Å². The Morgan fingerprint density at radius 3 is 2.09 bits per heavy atom. The van der Waals surface area contributed by atoms with Crippen LogP contribution in [0.3, 0.4) is 0 Å². The third-order valence-electron chi connectivity index (χ3n) is 2.86. The van der Waals surface area contributed by atoms with Crippen LogP contribution in [0.25, 0.3) is 0 Å². The molecule has 1 aromatic carbocycles. The summed E-state index contributed by atoms with van der Waals surface area (Å²) in [7, 11) is 0. The first-order chi connectivity index (χ1) is 10.8. The molecule has 0 atom stereocenters. The molecule has 0 saturated carbocycles. The van der Waals surface area contributed by atoms with Crippen LogP contribution in [-0.2, 0) is 19.1 Å². The van der Waals surface area contributed by atoms with E-state index < -0.39 is 33.3 Å². The number of nitro groups is 1. The molecule has 0 bridgehead atoms. The molecule has 0 aliphatic carbocycles. The molecule has 0 aliphatic heterocycles. The average Bonchev–Trinajstić information content (AvgIpc) is 2.47. The summed E-state index contributed by atoms with van der Waals surface area (Å²) >= 11 is 11.4. The maximum Gasteiger partial charge on any atom is 0.325 e. The van der Waals surface area contributed by atoms with Crippen molar-refractivity contribution in [1.29, 1.82) is 0 Å². The Bertz CT molecular complexity index is 587. The monoisotopic (exact) mass is 363 g/mol. The lowest BCUT2D eigenvalue weighted by atomic mass is 9.96. The van der Waals surface area contributed by atoms with Gasteiger partial charge >= 0.3 is 11.9 Å². The smallest absolute Gasteiger partial charge is 0.325 e. The quantitative estimate of drug-likeness (QED) is 0.242. The molecular weight excluding hydrogens is 349 g/mol. The zero-order valence-corrected chi connectivity index (χ0v) is 14.0. The van der Waals surface area contributed by atoms with Gasteiger partial charge in [0, 0.05) is 6.07 Å². The van der Waals surface area contributed by atoms with Crippen LogP contribution in [0.2, 0.25) is 0 Å². The van der Waals surface area contributed by atoms with Crippen LogP contribution >= 0.6 is 23.2 Å².